The van der Waals surface area contributed by atoms with Crippen molar-refractivity contribution in [2.75, 3.05) is 20.7 Å². The summed E-state index contributed by atoms with van der Waals surface area (Å²) in [5.74, 6) is 1.60. The molecule has 174 valence electrons. The van der Waals surface area contributed by atoms with Crippen molar-refractivity contribution in [1.29, 1.82) is 0 Å². The van der Waals surface area contributed by atoms with Crippen LogP contribution in [-0.2, 0) is 28.3 Å². The number of ether oxygens (including phenoxy) is 1. The third-order valence-electron chi connectivity index (χ3n) is 8.05. The molecule has 2 aromatic rings. The Morgan fingerprint density at radius 1 is 1.12 bits per heavy atom. The van der Waals surface area contributed by atoms with Gasteiger partial charge in [0.25, 0.3) is 0 Å². The third-order valence-corrected chi connectivity index (χ3v) is 8.98. The number of methoxy groups -OCH3 is 1. The first kappa shape index (κ1) is 23.3. The fourth-order valence-corrected chi connectivity index (χ4v) is 6.58. The Hall–Kier alpha value is -1.89. The number of aryl methyl sites for hydroxylation is 1. The number of piperidine rings is 1. The number of benzene rings is 2. The van der Waals surface area contributed by atoms with Crippen LogP contribution in [0.3, 0.4) is 0 Å². The van der Waals surface area contributed by atoms with Crippen molar-refractivity contribution in [3.8, 4) is 5.75 Å². The topological polar surface area (TPSA) is 72.6 Å². The number of sulfonamides is 1. The third kappa shape index (κ3) is 4.45. The van der Waals surface area contributed by atoms with E-state index >= 15 is 0 Å². The van der Waals surface area contributed by atoms with Gasteiger partial charge in [-0.2, -0.15) is 0 Å². The van der Waals surface area contributed by atoms with Crippen molar-refractivity contribution in [3.63, 3.8) is 0 Å². The van der Waals surface area contributed by atoms with E-state index in [4.69, 9.17) is 9.88 Å². The second kappa shape index (κ2) is 9.16. The van der Waals surface area contributed by atoms with E-state index in [0.717, 1.165) is 37.1 Å². The lowest BCUT2D eigenvalue weighted by molar-refractivity contribution is 0.0344. The minimum atomic E-state index is -3.62. The molecule has 0 saturated carbocycles. The van der Waals surface area contributed by atoms with E-state index in [0.29, 0.717) is 12.0 Å². The molecule has 0 unspecified atom stereocenters. The molecule has 5 nitrogen and oxygen atoms in total. The monoisotopic (exact) mass is 456 g/mol. The summed E-state index contributed by atoms with van der Waals surface area (Å²) in [4.78, 5) is 2.74. The predicted octanol–water partition coefficient (Wildman–Crippen LogP) is 4.28. The number of nitrogens with zero attached hydrogens (tertiary/aromatic N) is 1. The maximum absolute atomic E-state index is 11.4. The van der Waals surface area contributed by atoms with E-state index in [2.05, 4.69) is 37.1 Å². The molecule has 4 rings (SSSR count). The number of likely N-dealkylation sites (tertiary alicyclic amines) is 1. The molecule has 2 aromatic carbocycles. The maximum Gasteiger partial charge on any atom is 0.238 e. The second-order valence-corrected chi connectivity index (χ2v) is 11.3. The van der Waals surface area contributed by atoms with E-state index in [1.165, 1.54) is 36.8 Å². The molecule has 1 aliphatic carbocycles. The standard InChI is InChI=1S/C26H36N2O3S/c1-19-25-17-21-10-11-22(31-3)18-24(21)26(19,15-16-28(25)2)14-6-4-5-7-20-8-12-23(13-9-20)32(27,29)30/h8-13,18-19,25H,4-7,14-17H2,1-3H3,(H2,27,29,30)/t19-,25+,26+/m0/s1. The Morgan fingerprint density at radius 3 is 2.56 bits per heavy atom. The fraction of sp³-hybridized carbons (Fsp3) is 0.538. The molecule has 0 amide bonds. The van der Waals surface area contributed by atoms with Gasteiger partial charge in [-0.3, -0.25) is 0 Å². The molecule has 3 atom stereocenters. The van der Waals surface area contributed by atoms with Crippen molar-refractivity contribution < 1.29 is 13.2 Å². The number of fused-ring (bicyclic) bond motifs is 4. The summed E-state index contributed by atoms with van der Waals surface area (Å²) in [6.07, 6.45) is 7.99. The van der Waals surface area contributed by atoms with Gasteiger partial charge in [-0.25, -0.2) is 13.6 Å². The van der Waals surface area contributed by atoms with Crippen LogP contribution < -0.4 is 9.88 Å². The lowest BCUT2D eigenvalue weighted by Gasteiger charge is -2.55. The van der Waals surface area contributed by atoms with Gasteiger partial charge in [-0.15, -0.1) is 0 Å². The van der Waals surface area contributed by atoms with E-state index < -0.39 is 10.0 Å². The first-order valence-corrected chi connectivity index (χ1v) is 13.3. The molecule has 2 N–H and O–H groups in total. The number of unbranched alkanes of at least 4 members (excludes halogenated alkanes) is 2. The van der Waals surface area contributed by atoms with Crippen molar-refractivity contribution in [2.24, 2.45) is 11.1 Å². The zero-order valence-corrected chi connectivity index (χ0v) is 20.3. The Labute approximate surface area is 193 Å². The van der Waals surface area contributed by atoms with E-state index in [9.17, 15) is 8.42 Å². The zero-order valence-electron chi connectivity index (χ0n) is 19.5. The van der Waals surface area contributed by atoms with Crippen LogP contribution >= 0.6 is 0 Å². The smallest absolute Gasteiger partial charge is 0.238 e. The van der Waals surface area contributed by atoms with E-state index in [1.807, 2.05) is 12.1 Å². The Bertz CT molecular complexity index is 1050. The van der Waals surface area contributed by atoms with Gasteiger partial charge in [0.05, 0.1) is 12.0 Å². The largest absolute Gasteiger partial charge is 0.497 e. The van der Waals surface area contributed by atoms with E-state index in [1.54, 1.807) is 19.2 Å². The minimum Gasteiger partial charge on any atom is -0.497 e. The molecular formula is C26H36N2O3S. The predicted molar refractivity (Wildman–Crippen MR) is 129 cm³/mol. The normalized spacial score (nSPS) is 25.4. The maximum atomic E-state index is 11.4. The van der Waals surface area contributed by atoms with Crippen LogP contribution in [0.5, 0.6) is 5.75 Å². The molecule has 0 radical (unpaired) electrons. The summed E-state index contributed by atoms with van der Waals surface area (Å²) < 4.78 is 28.4. The Balaban J connectivity index is 1.42. The Morgan fingerprint density at radius 2 is 1.88 bits per heavy atom. The van der Waals surface area contributed by atoms with Gasteiger partial charge < -0.3 is 9.64 Å². The van der Waals surface area contributed by atoms with Gasteiger partial charge in [0.1, 0.15) is 5.75 Å². The summed E-state index contributed by atoms with van der Waals surface area (Å²) >= 11 is 0. The number of primary sulfonamides is 1. The van der Waals surface area contributed by atoms with Crippen LogP contribution in [0.4, 0.5) is 0 Å². The zero-order chi connectivity index (χ0) is 22.9. The number of hydrogen-bond donors (Lipinski definition) is 1. The fourth-order valence-electron chi connectivity index (χ4n) is 6.06. The molecule has 6 heteroatoms. The average Bonchev–Trinajstić information content (AvgIpc) is 2.77. The lowest BCUT2D eigenvalue weighted by Crippen LogP contribution is -2.57. The van der Waals surface area contributed by atoms with Crippen LogP contribution in [0.25, 0.3) is 0 Å². The molecule has 1 aliphatic heterocycles. The Kier molecular flexibility index (Phi) is 6.66. The molecule has 1 heterocycles. The van der Waals surface area contributed by atoms with Gasteiger partial charge in [-0.1, -0.05) is 38.0 Å². The van der Waals surface area contributed by atoms with Crippen LogP contribution in [-0.4, -0.2) is 40.1 Å². The summed E-state index contributed by atoms with van der Waals surface area (Å²) in [6, 6.07) is 14.3. The van der Waals surface area contributed by atoms with Gasteiger partial charge in [0, 0.05) is 11.5 Å². The molecule has 2 aliphatic rings. The minimum absolute atomic E-state index is 0.178. The number of hydrogen-bond acceptors (Lipinski definition) is 4. The first-order chi connectivity index (χ1) is 15.2. The molecule has 1 saturated heterocycles. The second-order valence-electron chi connectivity index (χ2n) is 9.72. The summed E-state index contributed by atoms with van der Waals surface area (Å²) in [5, 5.41) is 5.19. The highest BCUT2D eigenvalue weighted by Gasteiger charge is 2.49. The lowest BCUT2D eigenvalue weighted by atomic mass is 9.56. The molecule has 0 spiro atoms. The molecule has 2 bridgehead atoms. The van der Waals surface area contributed by atoms with Crippen LogP contribution in [0.1, 0.15) is 55.7 Å². The highest BCUT2D eigenvalue weighted by molar-refractivity contribution is 7.89. The highest BCUT2D eigenvalue weighted by atomic mass is 32.2. The van der Waals surface area contributed by atoms with Crippen LogP contribution in [0.2, 0.25) is 0 Å². The summed E-state index contributed by atoms with van der Waals surface area (Å²) in [7, 11) is 0.415. The van der Waals surface area contributed by atoms with Crippen molar-refractivity contribution in [1.82, 2.24) is 4.90 Å². The van der Waals surface area contributed by atoms with Crippen molar-refractivity contribution in [2.45, 2.75) is 68.2 Å². The average molecular weight is 457 g/mol. The molecular weight excluding hydrogens is 420 g/mol. The van der Waals surface area contributed by atoms with Gasteiger partial charge in [0.15, 0.2) is 0 Å². The first-order valence-electron chi connectivity index (χ1n) is 11.7. The number of likely N-dealkylation sites (N-methyl/N-ethyl adjacent to an activating group) is 1. The molecule has 1 fully saturated rings. The molecule has 0 aromatic heterocycles. The van der Waals surface area contributed by atoms with Gasteiger partial charge in [0.2, 0.25) is 10.0 Å². The quantitative estimate of drug-likeness (QED) is 0.602. The van der Waals surface area contributed by atoms with Gasteiger partial charge >= 0.3 is 0 Å². The number of nitrogens with two attached hydrogens (primary N) is 1. The van der Waals surface area contributed by atoms with Gasteiger partial charge in [-0.05, 0) is 92.6 Å². The highest BCUT2D eigenvalue weighted by Crippen LogP contribution is 2.52. The van der Waals surface area contributed by atoms with Crippen LogP contribution in [0.15, 0.2) is 47.4 Å². The van der Waals surface area contributed by atoms with E-state index in [-0.39, 0.29) is 10.3 Å². The summed E-state index contributed by atoms with van der Waals surface area (Å²) in [6.45, 7) is 3.61. The van der Waals surface area contributed by atoms with Crippen molar-refractivity contribution in [3.05, 3.63) is 59.2 Å². The molecule has 32 heavy (non-hydrogen) atoms. The van der Waals surface area contributed by atoms with Crippen LogP contribution in [0, 0.1) is 5.92 Å². The van der Waals surface area contributed by atoms with Crippen molar-refractivity contribution >= 4 is 10.0 Å². The summed E-state index contributed by atoms with van der Waals surface area (Å²) in [5.41, 5.74) is 4.41. The SMILES string of the molecule is COc1ccc2c(c1)[C@]1(CCCCCc3ccc(S(N)(=O)=O)cc3)CCN(C)[C@H](C2)[C@@H]1C. The number of rotatable bonds is 8.